The minimum Gasteiger partial charge on any atom is -0.399 e. The highest BCUT2D eigenvalue weighted by Gasteiger charge is 2.22. The number of hydrogen-bond donors (Lipinski definition) is 2. The molecule has 0 unspecified atom stereocenters. The number of nitrogens with one attached hydrogen (secondary N) is 1. The summed E-state index contributed by atoms with van der Waals surface area (Å²) in [6, 6.07) is 5.59. The van der Waals surface area contributed by atoms with Gasteiger partial charge in [0.15, 0.2) is 0 Å². The monoisotopic (exact) mass is 247 g/mol. The molecule has 1 aromatic rings. The summed E-state index contributed by atoms with van der Waals surface area (Å²) in [6.45, 7) is 2.15. The molecule has 0 saturated carbocycles. The van der Waals surface area contributed by atoms with Gasteiger partial charge in [-0.1, -0.05) is 0 Å². The van der Waals surface area contributed by atoms with Gasteiger partial charge in [-0.25, -0.2) is 0 Å². The predicted octanol–water partition coefficient (Wildman–Crippen LogP) is 1.44. The van der Waals surface area contributed by atoms with Crippen LogP contribution in [0.2, 0.25) is 0 Å². The molecule has 4 heteroatoms. The van der Waals surface area contributed by atoms with E-state index < -0.39 is 0 Å². The lowest BCUT2D eigenvalue weighted by atomic mass is 9.86. The number of likely N-dealkylation sites (tertiary alicyclic amines) is 1. The second kappa shape index (κ2) is 5.40. The van der Waals surface area contributed by atoms with Gasteiger partial charge in [-0.3, -0.25) is 4.79 Å². The highest BCUT2D eigenvalue weighted by Crippen LogP contribution is 2.31. The smallest absolute Gasteiger partial charge is 0.251 e. The largest absolute Gasteiger partial charge is 0.399 e. The molecule has 1 aliphatic heterocycles. The molecule has 0 radical (unpaired) electrons. The van der Waals surface area contributed by atoms with Crippen molar-refractivity contribution in [3.05, 3.63) is 29.3 Å². The van der Waals surface area contributed by atoms with Crippen LogP contribution in [-0.4, -0.2) is 38.0 Å². The fourth-order valence-corrected chi connectivity index (χ4v) is 2.58. The SMILES string of the molecule is CNC(=O)c1ccc(N)cc1C1CCN(C)CC1. The van der Waals surface area contributed by atoms with Crippen LogP contribution in [0.5, 0.6) is 0 Å². The lowest BCUT2D eigenvalue weighted by molar-refractivity contribution is 0.0961. The average molecular weight is 247 g/mol. The van der Waals surface area contributed by atoms with Crippen LogP contribution in [0.3, 0.4) is 0 Å². The Morgan fingerprint density at radius 2 is 2.06 bits per heavy atom. The molecule has 1 saturated heterocycles. The molecular formula is C14H21N3O. The summed E-state index contributed by atoms with van der Waals surface area (Å²) in [5, 5.41) is 2.70. The first-order valence-electron chi connectivity index (χ1n) is 6.42. The van der Waals surface area contributed by atoms with Crippen LogP contribution >= 0.6 is 0 Å². The van der Waals surface area contributed by atoms with Crippen molar-refractivity contribution < 1.29 is 4.79 Å². The Hall–Kier alpha value is -1.55. The van der Waals surface area contributed by atoms with Gasteiger partial charge >= 0.3 is 0 Å². The molecule has 0 atom stereocenters. The van der Waals surface area contributed by atoms with Crippen molar-refractivity contribution in [2.75, 3.05) is 32.9 Å². The van der Waals surface area contributed by atoms with Crippen molar-refractivity contribution in [2.24, 2.45) is 0 Å². The molecule has 1 aromatic carbocycles. The number of nitrogens with zero attached hydrogens (tertiary/aromatic N) is 1. The highest BCUT2D eigenvalue weighted by molar-refractivity contribution is 5.96. The number of benzene rings is 1. The Balaban J connectivity index is 2.30. The number of amides is 1. The van der Waals surface area contributed by atoms with Gasteiger partial charge in [-0.05, 0) is 62.7 Å². The Labute approximate surface area is 108 Å². The average Bonchev–Trinajstić information content (AvgIpc) is 2.38. The van der Waals surface area contributed by atoms with Crippen LogP contribution in [0, 0.1) is 0 Å². The summed E-state index contributed by atoms with van der Waals surface area (Å²) in [7, 11) is 3.80. The maximum atomic E-state index is 11.9. The number of carbonyl (C=O) groups is 1. The zero-order chi connectivity index (χ0) is 13.1. The first kappa shape index (κ1) is 12.9. The second-order valence-corrected chi connectivity index (χ2v) is 5.00. The van der Waals surface area contributed by atoms with E-state index in [0.717, 1.165) is 42.7 Å². The van der Waals surface area contributed by atoms with Crippen molar-refractivity contribution in [3.8, 4) is 0 Å². The summed E-state index contributed by atoms with van der Waals surface area (Å²) in [4.78, 5) is 14.2. The Morgan fingerprint density at radius 1 is 1.39 bits per heavy atom. The molecule has 4 nitrogen and oxygen atoms in total. The summed E-state index contributed by atoms with van der Waals surface area (Å²) in [6.07, 6.45) is 2.17. The Morgan fingerprint density at radius 3 is 2.67 bits per heavy atom. The zero-order valence-electron chi connectivity index (χ0n) is 11.1. The van der Waals surface area contributed by atoms with E-state index in [4.69, 9.17) is 5.73 Å². The van der Waals surface area contributed by atoms with Crippen molar-refractivity contribution in [1.82, 2.24) is 10.2 Å². The van der Waals surface area contributed by atoms with Gasteiger partial charge in [0.2, 0.25) is 0 Å². The zero-order valence-corrected chi connectivity index (χ0v) is 11.1. The predicted molar refractivity (Wildman–Crippen MR) is 73.7 cm³/mol. The van der Waals surface area contributed by atoms with Crippen molar-refractivity contribution in [2.45, 2.75) is 18.8 Å². The van der Waals surface area contributed by atoms with Crippen LogP contribution in [0.25, 0.3) is 0 Å². The maximum Gasteiger partial charge on any atom is 0.251 e. The van der Waals surface area contributed by atoms with Gasteiger partial charge in [-0.15, -0.1) is 0 Å². The third kappa shape index (κ3) is 2.64. The normalized spacial score (nSPS) is 17.7. The number of hydrogen-bond acceptors (Lipinski definition) is 3. The van der Waals surface area contributed by atoms with E-state index in [0.29, 0.717) is 5.92 Å². The quantitative estimate of drug-likeness (QED) is 0.777. The van der Waals surface area contributed by atoms with E-state index in [1.165, 1.54) is 0 Å². The van der Waals surface area contributed by atoms with Crippen LogP contribution < -0.4 is 11.1 Å². The van der Waals surface area contributed by atoms with E-state index in [2.05, 4.69) is 17.3 Å². The van der Waals surface area contributed by atoms with Crippen LogP contribution in [-0.2, 0) is 0 Å². The number of nitrogens with two attached hydrogens (primary N) is 1. The molecule has 98 valence electrons. The van der Waals surface area contributed by atoms with E-state index in [9.17, 15) is 4.79 Å². The molecule has 0 spiro atoms. The molecular weight excluding hydrogens is 226 g/mol. The third-order valence-electron chi connectivity index (χ3n) is 3.71. The standard InChI is InChI=1S/C14H21N3O/c1-16-14(18)12-4-3-11(15)9-13(12)10-5-7-17(2)8-6-10/h3-4,9-10H,5-8,15H2,1-2H3,(H,16,18). The van der Waals surface area contributed by atoms with E-state index >= 15 is 0 Å². The first-order chi connectivity index (χ1) is 8.61. The third-order valence-corrected chi connectivity index (χ3v) is 3.71. The summed E-state index contributed by atoms with van der Waals surface area (Å²) >= 11 is 0. The number of rotatable bonds is 2. The van der Waals surface area contributed by atoms with Crippen LogP contribution in [0.15, 0.2) is 18.2 Å². The number of piperidine rings is 1. The Kier molecular flexibility index (Phi) is 3.87. The summed E-state index contributed by atoms with van der Waals surface area (Å²) < 4.78 is 0. The fourth-order valence-electron chi connectivity index (χ4n) is 2.58. The second-order valence-electron chi connectivity index (χ2n) is 5.00. The first-order valence-corrected chi connectivity index (χ1v) is 6.42. The lowest BCUT2D eigenvalue weighted by Gasteiger charge is -2.30. The van der Waals surface area contributed by atoms with E-state index in [1.54, 1.807) is 13.1 Å². The van der Waals surface area contributed by atoms with E-state index in [1.807, 2.05) is 12.1 Å². The molecule has 0 bridgehead atoms. The van der Waals surface area contributed by atoms with Gasteiger partial charge in [-0.2, -0.15) is 0 Å². The van der Waals surface area contributed by atoms with Gasteiger partial charge in [0.1, 0.15) is 0 Å². The Bertz CT molecular complexity index is 437. The van der Waals surface area contributed by atoms with Crippen LogP contribution in [0.1, 0.15) is 34.7 Å². The minimum atomic E-state index is -0.0241. The van der Waals surface area contributed by atoms with Crippen LogP contribution in [0.4, 0.5) is 5.69 Å². The molecule has 0 aromatic heterocycles. The number of nitrogen functional groups attached to an aromatic ring is 1. The number of carbonyl (C=O) groups excluding carboxylic acids is 1. The minimum absolute atomic E-state index is 0.0241. The van der Waals surface area contributed by atoms with Gasteiger partial charge < -0.3 is 16.0 Å². The topological polar surface area (TPSA) is 58.4 Å². The fraction of sp³-hybridized carbons (Fsp3) is 0.500. The molecule has 1 aliphatic rings. The molecule has 0 aliphatic carbocycles. The highest BCUT2D eigenvalue weighted by atomic mass is 16.1. The van der Waals surface area contributed by atoms with E-state index in [-0.39, 0.29) is 5.91 Å². The van der Waals surface area contributed by atoms with Crippen molar-refractivity contribution >= 4 is 11.6 Å². The molecule has 18 heavy (non-hydrogen) atoms. The maximum absolute atomic E-state index is 11.9. The number of anilines is 1. The summed E-state index contributed by atoms with van der Waals surface area (Å²) in [5.74, 6) is 0.418. The molecule has 1 heterocycles. The summed E-state index contributed by atoms with van der Waals surface area (Å²) in [5.41, 5.74) is 8.46. The van der Waals surface area contributed by atoms with Crippen molar-refractivity contribution in [3.63, 3.8) is 0 Å². The lowest BCUT2D eigenvalue weighted by Crippen LogP contribution is -2.30. The molecule has 1 amide bonds. The van der Waals surface area contributed by atoms with Crippen molar-refractivity contribution in [1.29, 1.82) is 0 Å². The van der Waals surface area contributed by atoms with Gasteiger partial charge in [0.25, 0.3) is 5.91 Å². The molecule has 1 fully saturated rings. The van der Waals surface area contributed by atoms with Gasteiger partial charge in [0.05, 0.1) is 0 Å². The van der Waals surface area contributed by atoms with Gasteiger partial charge in [0, 0.05) is 18.3 Å². The molecule has 3 N–H and O–H groups in total. The molecule has 2 rings (SSSR count).